The van der Waals surface area contributed by atoms with Crippen LogP contribution >= 0.6 is 0 Å². The molecule has 5 aromatic rings. The molecule has 5 rings (SSSR count). The Hall–Kier alpha value is -4.71. The summed E-state index contributed by atoms with van der Waals surface area (Å²) in [7, 11) is 1.63. The fraction of sp³-hybridized carbons (Fsp3) is 0.100. The van der Waals surface area contributed by atoms with Crippen molar-refractivity contribution in [2.75, 3.05) is 7.11 Å². The third-order valence-corrected chi connectivity index (χ3v) is 5.98. The first-order valence-corrected chi connectivity index (χ1v) is 11.5. The number of hydrogen-bond acceptors (Lipinski definition) is 5. The number of rotatable bonds is 6. The van der Waals surface area contributed by atoms with Gasteiger partial charge in [-0.25, -0.2) is 4.98 Å². The third-order valence-electron chi connectivity index (χ3n) is 5.98. The fourth-order valence-electron chi connectivity index (χ4n) is 4.22. The highest BCUT2D eigenvalue weighted by Crippen LogP contribution is 2.31. The second kappa shape index (κ2) is 9.88. The summed E-state index contributed by atoms with van der Waals surface area (Å²) in [6, 6.07) is 28.8. The van der Waals surface area contributed by atoms with Gasteiger partial charge < -0.3 is 9.47 Å². The molecule has 2 aromatic heterocycles. The number of carbonyl (C=O) groups excluding carboxylic acids is 1. The monoisotopic (exact) mass is 476 g/mol. The largest absolute Gasteiger partial charge is 0.497 e. The van der Waals surface area contributed by atoms with Crippen LogP contribution in [-0.2, 0) is 16.1 Å². The maximum absolute atomic E-state index is 14.0. The second-order valence-corrected chi connectivity index (χ2v) is 8.32. The molecule has 2 heterocycles. The molecule has 6 nitrogen and oxygen atoms in total. The number of esters is 1. The lowest BCUT2D eigenvalue weighted by molar-refractivity contribution is -0.142. The van der Waals surface area contributed by atoms with Gasteiger partial charge in [-0.3, -0.25) is 14.0 Å². The summed E-state index contributed by atoms with van der Waals surface area (Å²) >= 11 is 0. The molecule has 0 N–H and O–H groups in total. The number of benzene rings is 3. The van der Waals surface area contributed by atoms with Crippen LogP contribution in [0.2, 0.25) is 0 Å². The number of aromatic nitrogens is 2. The van der Waals surface area contributed by atoms with Crippen molar-refractivity contribution in [3.63, 3.8) is 0 Å². The Bertz CT molecular complexity index is 1590. The molecule has 0 saturated carbocycles. The van der Waals surface area contributed by atoms with Gasteiger partial charge in [0.2, 0.25) is 0 Å². The average Bonchev–Trinajstić information content (AvgIpc) is 2.92. The van der Waals surface area contributed by atoms with Crippen molar-refractivity contribution < 1.29 is 14.3 Å². The maximum Gasteiger partial charge on any atom is 0.303 e. The molecule has 0 amide bonds. The fourth-order valence-corrected chi connectivity index (χ4v) is 4.22. The van der Waals surface area contributed by atoms with Gasteiger partial charge in [-0.1, -0.05) is 72.8 Å². The maximum atomic E-state index is 14.0. The minimum atomic E-state index is -0.436. The van der Waals surface area contributed by atoms with Crippen molar-refractivity contribution in [3.8, 4) is 39.1 Å². The summed E-state index contributed by atoms with van der Waals surface area (Å²) in [5.41, 5.74) is 5.30. The molecule has 0 atom stereocenters. The third kappa shape index (κ3) is 4.49. The lowest BCUT2D eigenvalue weighted by Crippen LogP contribution is -2.21. The van der Waals surface area contributed by atoms with Crippen LogP contribution in [-0.4, -0.2) is 22.5 Å². The highest BCUT2D eigenvalue weighted by Gasteiger charge is 2.19. The van der Waals surface area contributed by atoms with Crippen molar-refractivity contribution in [3.05, 3.63) is 113 Å². The zero-order chi connectivity index (χ0) is 25.1. The van der Waals surface area contributed by atoms with Crippen molar-refractivity contribution in [1.29, 1.82) is 0 Å². The number of carbonyl (C=O) groups is 1. The normalized spacial score (nSPS) is 10.8. The molecular formula is C30H24N2O4. The second-order valence-electron chi connectivity index (χ2n) is 8.32. The van der Waals surface area contributed by atoms with E-state index in [0.717, 1.165) is 28.0 Å². The zero-order valence-electron chi connectivity index (χ0n) is 20.0. The molecular weight excluding hydrogens is 452 g/mol. The van der Waals surface area contributed by atoms with Crippen LogP contribution in [0.1, 0.15) is 12.6 Å². The average molecular weight is 477 g/mol. The Labute approximate surface area is 208 Å². The van der Waals surface area contributed by atoms with Crippen LogP contribution in [0.3, 0.4) is 0 Å². The van der Waals surface area contributed by atoms with E-state index in [-0.39, 0.29) is 12.2 Å². The lowest BCUT2D eigenvalue weighted by Gasteiger charge is -2.16. The van der Waals surface area contributed by atoms with Gasteiger partial charge in [0.1, 0.15) is 18.0 Å². The van der Waals surface area contributed by atoms with Crippen LogP contribution < -0.4 is 10.3 Å². The van der Waals surface area contributed by atoms with Crippen molar-refractivity contribution in [1.82, 2.24) is 9.38 Å². The molecule has 0 bridgehead atoms. The van der Waals surface area contributed by atoms with E-state index in [4.69, 9.17) is 14.5 Å². The van der Waals surface area contributed by atoms with E-state index >= 15 is 0 Å². The van der Waals surface area contributed by atoms with Crippen LogP contribution in [0.5, 0.6) is 5.75 Å². The van der Waals surface area contributed by atoms with Gasteiger partial charge in [-0.05, 0) is 40.5 Å². The number of ether oxygens (including phenoxy) is 2. The van der Waals surface area contributed by atoms with Crippen LogP contribution in [0.4, 0.5) is 0 Å². The number of pyridine rings is 1. The van der Waals surface area contributed by atoms with E-state index in [1.807, 2.05) is 91.0 Å². The van der Waals surface area contributed by atoms with Crippen molar-refractivity contribution >= 4 is 11.6 Å². The Balaban J connectivity index is 1.83. The van der Waals surface area contributed by atoms with E-state index in [1.54, 1.807) is 17.7 Å². The van der Waals surface area contributed by atoms with Crippen molar-refractivity contribution in [2.24, 2.45) is 0 Å². The smallest absolute Gasteiger partial charge is 0.303 e. The summed E-state index contributed by atoms with van der Waals surface area (Å²) in [5.74, 6) is 0.317. The highest BCUT2D eigenvalue weighted by atomic mass is 16.5. The molecule has 6 heteroatoms. The molecule has 0 aliphatic heterocycles. The number of hydrogen-bond donors (Lipinski definition) is 0. The predicted octanol–water partition coefficient (Wildman–Crippen LogP) is 5.77. The van der Waals surface area contributed by atoms with Gasteiger partial charge in [0.15, 0.2) is 0 Å². The number of methoxy groups -OCH3 is 1. The molecule has 0 spiro atoms. The van der Waals surface area contributed by atoms with Crippen LogP contribution in [0, 0.1) is 0 Å². The Kier molecular flexibility index (Phi) is 6.33. The predicted molar refractivity (Wildman–Crippen MR) is 140 cm³/mol. The molecule has 0 fully saturated rings. The van der Waals surface area contributed by atoms with E-state index in [1.165, 1.54) is 6.92 Å². The Morgan fingerprint density at radius 3 is 2.08 bits per heavy atom. The topological polar surface area (TPSA) is 69.9 Å². The van der Waals surface area contributed by atoms with E-state index in [0.29, 0.717) is 22.5 Å². The first-order valence-electron chi connectivity index (χ1n) is 11.5. The minimum absolute atomic E-state index is 0.0975. The first-order chi connectivity index (χ1) is 17.5. The summed E-state index contributed by atoms with van der Waals surface area (Å²) in [6.45, 7) is 1.24. The Morgan fingerprint density at radius 2 is 1.47 bits per heavy atom. The zero-order valence-corrected chi connectivity index (χ0v) is 20.0. The standard InChI is InChI=1S/C30H24N2O4/c1-20(33)36-19-27-28(23-11-7-4-8-12-23)30(34)32-18-24(21-13-15-25(35-2)16-14-21)17-26(29(32)31-27)22-9-5-3-6-10-22/h3-18H,19H2,1-2H3. The molecule has 0 aliphatic rings. The van der Waals surface area contributed by atoms with E-state index in [2.05, 4.69) is 0 Å². The molecule has 0 radical (unpaired) electrons. The van der Waals surface area contributed by atoms with Crippen LogP contribution in [0.25, 0.3) is 39.0 Å². The van der Waals surface area contributed by atoms with E-state index < -0.39 is 5.97 Å². The number of nitrogens with zero attached hydrogens (tertiary/aromatic N) is 2. The molecule has 0 aliphatic carbocycles. The highest BCUT2D eigenvalue weighted by molar-refractivity contribution is 5.83. The van der Waals surface area contributed by atoms with Gasteiger partial charge in [0.05, 0.1) is 18.4 Å². The van der Waals surface area contributed by atoms with E-state index in [9.17, 15) is 9.59 Å². The first kappa shape index (κ1) is 23.1. The van der Waals surface area contributed by atoms with Gasteiger partial charge in [0.25, 0.3) is 5.56 Å². The van der Waals surface area contributed by atoms with Gasteiger partial charge >= 0.3 is 5.97 Å². The summed E-state index contributed by atoms with van der Waals surface area (Å²) in [6.07, 6.45) is 1.81. The van der Waals surface area contributed by atoms with Crippen LogP contribution in [0.15, 0.2) is 102 Å². The van der Waals surface area contributed by atoms with Crippen molar-refractivity contribution in [2.45, 2.75) is 13.5 Å². The molecule has 3 aromatic carbocycles. The molecule has 178 valence electrons. The van der Waals surface area contributed by atoms with Gasteiger partial charge in [-0.15, -0.1) is 0 Å². The molecule has 0 saturated heterocycles. The van der Waals surface area contributed by atoms with Gasteiger partial charge in [0, 0.05) is 18.7 Å². The minimum Gasteiger partial charge on any atom is -0.497 e. The summed E-state index contributed by atoms with van der Waals surface area (Å²) in [4.78, 5) is 30.5. The molecule has 0 unspecified atom stereocenters. The SMILES string of the molecule is COc1ccc(-c2cc(-c3ccccc3)c3nc(COC(C)=O)c(-c4ccccc4)c(=O)n3c2)cc1. The molecule has 36 heavy (non-hydrogen) atoms. The summed E-state index contributed by atoms with van der Waals surface area (Å²) < 4.78 is 12.2. The summed E-state index contributed by atoms with van der Waals surface area (Å²) in [5, 5.41) is 0. The Morgan fingerprint density at radius 1 is 0.833 bits per heavy atom. The number of fused-ring (bicyclic) bond motifs is 1. The quantitative estimate of drug-likeness (QED) is 0.291. The van der Waals surface area contributed by atoms with Gasteiger partial charge in [-0.2, -0.15) is 0 Å². The lowest BCUT2D eigenvalue weighted by atomic mass is 10.00.